The van der Waals surface area contributed by atoms with Crippen molar-refractivity contribution < 1.29 is 14.1 Å². The number of pyridine rings is 1. The van der Waals surface area contributed by atoms with Gasteiger partial charge in [-0.2, -0.15) is 0 Å². The highest BCUT2D eigenvalue weighted by molar-refractivity contribution is 5.94. The Balaban J connectivity index is 1.49. The lowest BCUT2D eigenvalue weighted by atomic mass is 9.94. The Labute approximate surface area is 164 Å². The van der Waals surface area contributed by atoms with Gasteiger partial charge in [-0.15, -0.1) is 0 Å². The fourth-order valence-electron chi connectivity index (χ4n) is 4.24. The second kappa shape index (κ2) is 7.73. The molecule has 0 aliphatic carbocycles. The Morgan fingerprint density at radius 2 is 1.93 bits per heavy atom. The van der Waals surface area contributed by atoms with Crippen molar-refractivity contribution in [1.29, 1.82) is 0 Å². The van der Waals surface area contributed by atoms with Gasteiger partial charge in [0, 0.05) is 49.7 Å². The summed E-state index contributed by atoms with van der Waals surface area (Å²) < 4.78 is 5.34. The first kappa shape index (κ1) is 18.7. The molecule has 5 rings (SSSR count). The molecule has 2 atom stereocenters. The molecular weight excluding hydrogens is 356 g/mol. The molecule has 2 aromatic heterocycles. The van der Waals surface area contributed by atoms with Crippen LogP contribution in [0.5, 0.6) is 0 Å². The predicted molar refractivity (Wildman–Crippen MR) is 103 cm³/mol. The summed E-state index contributed by atoms with van der Waals surface area (Å²) in [7, 11) is 0. The number of fused-ring (bicyclic) bond motifs is 4. The smallest absolute Gasteiger partial charge is 0.292 e. The molecule has 28 heavy (non-hydrogen) atoms. The Kier molecular flexibility index (Phi) is 5.15. The minimum atomic E-state index is -0.115. The standard InChI is InChI=1S/C21H26N4O3/c1-14(2)9-17-10-19(28-23-17)21(27)25-12-15-3-4-18(25)13-24(11-15)20(26)16-5-7-22-8-6-16/h5-8,10,14-15,18H,3-4,9,11-13H2,1-2H3. The third-order valence-corrected chi connectivity index (χ3v) is 5.58. The molecule has 2 bridgehead atoms. The predicted octanol–water partition coefficient (Wildman–Crippen LogP) is 2.64. The van der Waals surface area contributed by atoms with E-state index in [0.717, 1.165) is 25.0 Å². The fourth-order valence-corrected chi connectivity index (χ4v) is 4.24. The summed E-state index contributed by atoms with van der Waals surface area (Å²) in [4.78, 5) is 33.7. The van der Waals surface area contributed by atoms with Gasteiger partial charge < -0.3 is 14.3 Å². The molecule has 2 aromatic rings. The molecule has 3 saturated heterocycles. The van der Waals surface area contributed by atoms with Crippen molar-refractivity contribution in [3.8, 4) is 0 Å². The molecule has 7 heteroatoms. The summed E-state index contributed by atoms with van der Waals surface area (Å²) in [5.74, 6) is 0.930. The maximum Gasteiger partial charge on any atom is 0.292 e. The zero-order chi connectivity index (χ0) is 19.7. The normalized spacial score (nSPS) is 21.8. The van der Waals surface area contributed by atoms with Gasteiger partial charge >= 0.3 is 0 Å². The van der Waals surface area contributed by atoms with Crippen molar-refractivity contribution in [2.45, 2.75) is 39.2 Å². The first-order valence-corrected chi connectivity index (χ1v) is 9.97. The van der Waals surface area contributed by atoms with Crippen LogP contribution in [0.4, 0.5) is 0 Å². The van der Waals surface area contributed by atoms with Crippen LogP contribution in [0.25, 0.3) is 0 Å². The molecule has 7 nitrogen and oxygen atoms in total. The van der Waals surface area contributed by atoms with Gasteiger partial charge in [-0.1, -0.05) is 19.0 Å². The van der Waals surface area contributed by atoms with Gasteiger partial charge in [0.25, 0.3) is 11.8 Å². The summed E-state index contributed by atoms with van der Waals surface area (Å²) in [6.45, 7) is 6.10. The molecule has 2 amide bonds. The molecule has 3 aliphatic heterocycles. The van der Waals surface area contributed by atoms with Gasteiger partial charge in [0.15, 0.2) is 0 Å². The molecule has 0 spiro atoms. The molecule has 2 unspecified atom stereocenters. The molecule has 0 N–H and O–H groups in total. The minimum Gasteiger partial charge on any atom is -0.351 e. The molecule has 148 valence electrons. The highest BCUT2D eigenvalue weighted by atomic mass is 16.5. The molecule has 0 radical (unpaired) electrons. The Morgan fingerprint density at radius 1 is 1.14 bits per heavy atom. The summed E-state index contributed by atoms with van der Waals surface area (Å²) in [6, 6.07) is 5.25. The first-order chi connectivity index (χ1) is 13.5. The van der Waals surface area contributed by atoms with Crippen LogP contribution < -0.4 is 0 Å². The maximum atomic E-state index is 13.1. The van der Waals surface area contributed by atoms with E-state index in [1.165, 1.54) is 0 Å². The number of hydrogen-bond donors (Lipinski definition) is 0. The molecule has 0 saturated carbocycles. The largest absolute Gasteiger partial charge is 0.351 e. The van der Waals surface area contributed by atoms with Gasteiger partial charge in [-0.3, -0.25) is 14.6 Å². The maximum absolute atomic E-state index is 13.1. The van der Waals surface area contributed by atoms with E-state index in [1.807, 2.05) is 9.80 Å². The molecule has 3 fully saturated rings. The van der Waals surface area contributed by atoms with E-state index in [4.69, 9.17) is 4.52 Å². The van der Waals surface area contributed by atoms with E-state index in [2.05, 4.69) is 24.0 Å². The second-order valence-corrected chi connectivity index (χ2v) is 8.28. The van der Waals surface area contributed by atoms with E-state index in [0.29, 0.717) is 36.9 Å². The van der Waals surface area contributed by atoms with Crippen molar-refractivity contribution in [3.63, 3.8) is 0 Å². The third-order valence-electron chi connectivity index (χ3n) is 5.58. The lowest BCUT2D eigenvalue weighted by Gasteiger charge is -2.35. The summed E-state index contributed by atoms with van der Waals surface area (Å²) in [6.07, 6.45) is 5.99. The van der Waals surface area contributed by atoms with Gasteiger partial charge in [-0.25, -0.2) is 0 Å². The highest BCUT2D eigenvalue weighted by Gasteiger charge is 2.40. The van der Waals surface area contributed by atoms with Crippen molar-refractivity contribution in [2.75, 3.05) is 19.6 Å². The van der Waals surface area contributed by atoms with Crippen LogP contribution in [0.2, 0.25) is 0 Å². The quantitative estimate of drug-likeness (QED) is 0.812. The van der Waals surface area contributed by atoms with Crippen LogP contribution in [0.1, 0.15) is 53.3 Å². The molecule has 5 heterocycles. The SMILES string of the molecule is CC(C)Cc1cc(C(=O)N2CC3CCC2CN(C(=O)c2ccncc2)C3)on1. The van der Waals surface area contributed by atoms with Crippen molar-refractivity contribution in [3.05, 3.63) is 47.6 Å². The lowest BCUT2D eigenvalue weighted by Crippen LogP contribution is -2.47. The summed E-state index contributed by atoms with van der Waals surface area (Å²) in [5.41, 5.74) is 1.45. The number of aromatic nitrogens is 2. The van der Waals surface area contributed by atoms with Crippen LogP contribution in [0.3, 0.4) is 0 Å². The zero-order valence-electron chi connectivity index (χ0n) is 16.4. The number of carbonyl (C=O) groups excluding carboxylic acids is 2. The Morgan fingerprint density at radius 3 is 2.68 bits per heavy atom. The number of nitrogens with zero attached hydrogens (tertiary/aromatic N) is 4. The van der Waals surface area contributed by atoms with E-state index in [9.17, 15) is 9.59 Å². The van der Waals surface area contributed by atoms with Gasteiger partial charge in [0.2, 0.25) is 5.76 Å². The third kappa shape index (κ3) is 3.79. The van der Waals surface area contributed by atoms with Crippen LogP contribution >= 0.6 is 0 Å². The van der Waals surface area contributed by atoms with Gasteiger partial charge in [-0.05, 0) is 43.2 Å². The average molecular weight is 382 g/mol. The summed E-state index contributed by atoms with van der Waals surface area (Å²) in [5, 5.41) is 4.05. The van der Waals surface area contributed by atoms with Crippen molar-refractivity contribution in [2.24, 2.45) is 11.8 Å². The number of carbonyl (C=O) groups is 2. The van der Waals surface area contributed by atoms with Crippen LogP contribution in [0, 0.1) is 11.8 Å². The van der Waals surface area contributed by atoms with E-state index < -0.39 is 0 Å². The average Bonchev–Trinajstić information content (AvgIpc) is 2.95. The highest BCUT2D eigenvalue weighted by Crippen LogP contribution is 2.30. The molecule has 3 aliphatic rings. The molecule has 0 aromatic carbocycles. The first-order valence-electron chi connectivity index (χ1n) is 9.97. The number of amides is 2. The van der Waals surface area contributed by atoms with E-state index >= 15 is 0 Å². The van der Waals surface area contributed by atoms with Crippen LogP contribution in [0.15, 0.2) is 35.1 Å². The monoisotopic (exact) mass is 382 g/mol. The molecular formula is C21H26N4O3. The van der Waals surface area contributed by atoms with E-state index in [-0.39, 0.29) is 23.8 Å². The number of rotatable bonds is 4. The van der Waals surface area contributed by atoms with Gasteiger partial charge in [0.05, 0.1) is 5.69 Å². The Hall–Kier alpha value is -2.70. The topological polar surface area (TPSA) is 79.5 Å². The van der Waals surface area contributed by atoms with Crippen LogP contribution in [-0.4, -0.2) is 57.4 Å². The fraction of sp³-hybridized carbons (Fsp3) is 0.524. The Bertz CT molecular complexity index is 848. The lowest BCUT2D eigenvalue weighted by molar-refractivity contribution is 0.0535. The number of piperidine rings is 1. The summed E-state index contributed by atoms with van der Waals surface area (Å²) >= 11 is 0. The zero-order valence-corrected chi connectivity index (χ0v) is 16.4. The van der Waals surface area contributed by atoms with Crippen molar-refractivity contribution >= 4 is 11.8 Å². The second-order valence-electron chi connectivity index (χ2n) is 8.28. The van der Waals surface area contributed by atoms with Gasteiger partial charge in [0.1, 0.15) is 0 Å². The van der Waals surface area contributed by atoms with Crippen molar-refractivity contribution in [1.82, 2.24) is 19.9 Å². The number of hydrogen-bond acceptors (Lipinski definition) is 5. The van der Waals surface area contributed by atoms with E-state index in [1.54, 1.807) is 30.6 Å². The minimum absolute atomic E-state index is 0.00693. The van der Waals surface area contributed by atoms with Crippen LogP contribution in [-0.2, 0) is 6.42 Å².